The monoisotopic (exact) mass is 415 g/mol. The molecule has 0 N–H and O–H groups in total. The second-order valence-electron chi connectivity index (χ2n) is 8.03. The molecule has 1 saturated heterocycles. The Morgan fingerprint density at radius 1 is 0.935 bits per heavy atom. The van der Waals surface area contributed by atoms with E-state index in [4.69, 9.17) is 4.74 Å². The maximum absolute atomic E-state index is 12.2. The molecule has 2 aliphatic rings. The lowest BCUT2D eigenvalue weighted by Gasteiger charge is -2.34. The third kappa shape index (κ3) is 3.82. The first-order valence-electron chi connectivity index (χ1n) is 10.5. The number of methoxy groups -OCH3 is 1. The summed E-state index contributed by atoms with van der Waals surface area (Å²) in [6, 6.07) is 21.5. The molecule has 0 aliphatic carbocycles. The van der Waals surface area contributed by atoms with E-state index in [0.717, 1.165) is 5.57 Å². The van der Waals surface area contributed by atoms with Crippen molar-refractivity contribution in [1.29, 1.82) is 0 Å². The Morgan fingerprint density at radius 3 is 1.90 bits per heavy atom. The molecule has 2 aliphatic heterocycles. The Balaban J connectivity index is 1.80. The molecule has 0 saturated carbocycles. The first kappa shape index (κ1) is 21.1. The summed E-state index contributed by atoms with van der Waals surface area (Å²) in [5.74, 6) is 0.0294. The van der Waals surface area contributed by atoms with Crippen molar-refractivity contribution in [2.75, 3.05) is 21.2 Å². The van der Waals surface area contributed by atoms with Gasteiger partial charge in [-0.15, -0.1) is 6.58 Å². The van der Waals surface area contributed by atoms with Crippen molar-refractivity contribution >= 4 is 6.09 Å². The van der Waals surface area contributed by atoms with Crippen LogP contribution in [-0.2, 0) is 4.74 Å². The molecule has 1 amide bonds. The minimum Gasteiger partial charge on any atom is -0.452 e. The summed E-state index contributed by atoms with van der Waals surface area (Å²) in [4.78, 5) is 18.5. The molecule has 0 spiro atoms. The standard InChI is InChI=1S/C26H29N3O2/c1-5-19-16-17-29(26(30)31-4)18-22(19)25-27(2)23(20-12-8-6-9-13-20)24(28(25)3)21-14-10-7-11-15-21/h5-19,23-25H,1H2,2-4H3/t19-,23+,24+/m1/s1. The molecular weight excluding hydrogens is 386 g/mol. The van der Waals surface area contributed by atoms with Gasteiger partial charge >= 0.3 is 6.09 Å². The molecule has 160 valence electrons. The van der Waals surface area contributed by atoms with Gasteiger partial charge in [0.05, 0.1) is 25.4 Å². The minimum absolute atomic E-state index is 0.0180. The predicted molar refractivity (Wildman–Crippen MR) is 123 cm³/mol. The van der Waals surface area contributed by atoms with Gasteiger partial charge in [0.15, 0.2) is 0 Å². The number of nitrogens with zero attached hydrogens (tertiary/aromatic N) is 3. The van der Waals surface area contributed by atoms with Crippen LogP contribution in [0, 0.1) is 5.92 Å². The molecule has 5 nitrogen and oxygen atoms in total. The zero-order valence-corrected chi connectivity index (χ0v) is 18.3. The molecule has 2 aromatic carbocycles. The lowest BCUT2D eigenvalue weighted by molar-refractivity contribution is 0.148. The van der Waals surface area contributed by atoms with Gasteiger partial charge in [-0.25, -0.2) is 4.79 Å². The Labute approximate surface area is 184 Å². The van der Waals surface area contributed by atoms with Gasteiger partial charge in [-0.1, -0.05) is 72.8 Å². The summed E-state index contributed by atoms with van der Waals surface area (Å²) < 4.78 is 4.94. The first-order valence-corrected chi connectivity index (χ1v) is 10.5. The molecule has 31 heavy (non-hydrogen) atoms. The number of carbonyl (C=O) groups excluding carboxylic acids is 1. The maximum Gasteiger partial charge on any atom is 0.417 e. The lowest BCUT2D eigenvalue weighted by atomic mass is 9.93. The van der Waals surface area contributed by atoms with Crippen molar-refractivity contribution in [3.05, 3.63) is 108 Å². The average molecular weight is 416 g/mol. The Hall–Kier alpha value is -3.15. The van der Waals surface area contributed by atoms with E-state index in [0.29, 0.717) is 0 Å². The predicted octanol–water partition coefficient (Wildman–Crippen LogP) is 4.95. The molecule has 1 fully saturated rings. The molecule has 0 aromatic heterocycles. The van der Waals surface area contributed by atoms with Crippen LogP contribution >= 0.6 is 0 Å². The van der Waals surface area contributed by atoms with E-state index in [2.05, 4.69) is 79.0 Å². The van der Waals surface area contributed by atoms with Crippen molar-refractivity contribution in [3.8, 4) is 0 Å². The Morgan fingerprint density at radius 2 is 1.45 bits per heavy atom. The van der Waals surface area contributed by atoms with E-state index < -0.39 is 6.09 Å². The van der Waals surface area contributed by atoms with Crippen LogP contribution in [0.3, 0.4) is 0 Å². The van der Waals surface area contributed by atoms with E-state index >= 15 is 0 Å². The van der Waals surface area contributed by atoms with Gasteiger partial charge in [0.2, 0.25) is 0 Å². The van der Waals surface area contributed by atoms with Crippen molar-refractivity contribution in [3.63, 3.8) is 0 Å². The van der Waals surface area contributed by atoms with Crippen LogP contribution in [0.1, 0.15) is 23.2 Å². The lowest BCUT2D eigenvalue weighted by Crippen LogP contribution is -2.40. The van der Waals surface area contributed by atoms with Crippen LogP contribution in [-0.4, -0.2) is 48.2 Å². The number of amides is 1. The largest absolute Gasteiger partial charge is 0.452 e. The highest BCUT2D eigenvalue weighted by Crippen LogP contribution is 2.48. The molecule has 0 bridgehead atoms. The zero-order valence-electron chi connectivity index (χ0n) is 18.3. The summed E-state index contributed by atoms with van der Waals surface area (Å²) in [5, 5.41) is 0. The van der Waals surface area contributed by atoms with E-state index in [1.54, 1.807) is 6.20 Å². The fraction of sp³-hybridized carbons (Fsp3) is 0.269. The van der Waals surface area contributed by atoms with Crippen LogP contribution in [0.15, 0.2) is 97.4 Å². The van der Waals surface area contributed by atoms with E-state index in [-0.39, 0.29) is 24.2 Å². The van der Waals surface area contributed by atoms with E-state index in [9.17, 15) is 4.79 Å². The number of likely N-dealkylation sites (N-methyl/N-ethyl adjacent to an activating group) is 2. The van der Waals surface area contributed by atoms with Crippen molar-refractivity contribution in [2.24, 2.45) is 5.92 Å². The molecule has 4 rings (SSSR count). The maximum atomic E-state index is 12.2. The summed E-state index contributed by atoms with van der Waals surface area (Å²) in [6.45, 7) is 4.04. The van der Waals surface area contributed by atoms with Crippen molar-refractivity contribution in [2.45, 2.75) is 18.2 Å². The van der Waals surface area contributed by atoms with Gasteiger partial charge in [-0.05, 0) is 30.8 Å². The second-order valence-corrected chi connectivity index (χ2v) is 8.03. The molecule has 0 unspecified atom stereocenters. The molecule has 2 aromatic rings. The van der Waals surface area contributed by atoms with Gasteiger partial charge in [0.1, 0.15) is 0 Å². The summed E-state index contributed by atoms with van der Waals surface area (Å²) in [5.41, 5.74) is 3.62. The fourth-order valence-corrected chi connectivity index (χ4v) is 4.90. The highest BCUT2D eigenvalue weighted by Gasteiger charge is 2.47. The fourth-order valence-electron chi connectivity index (χ4n) is 4.90. The smallest absolute Gasteiger partial charge is 0.417 e. The normalized spacial score (nSPS) is 24.8. The number of allylic oxidation sites excluding steroid dienone is 2. The second kappa shape index (κ2) is 8.92. The SMILES string of the molecule is C=C[C@@H]1C=CN(C(=O)OC)C=C1C1N(C)[C@@H](c2ccccc2)[C@H](c2ccccc2)N1C. The third-order valence-electron chi connectivity index (χ3n) is 6.29. The number of rotatable bonds is 4. The summed E-state index contributed by atoms with van der Waals surface area (Å²) in [7, 11) is 5.71. The van der Waals surface area contributed by atoms with Crippen LogP contribution in [0.2, 0.25) is 0 Å². The van der Waals surface area contributed by atoms with E-state index in [1.807, 2.05) is 30.5 Å². The van der Waals surface area contributed by atoms with Gasteiger partial charge in [-0.3, -0.25) is 14.7 Å². The topological polar surface area (TPSA) is 36.0 Å². The van der Waals surface area contributed by atoms with Crippen LogP contribution in [0.25, 0.3) is 0 Å². The quantitative estimate of drug-likeness (QED) is 0.662. The minimum atomic E-state index is -0.404. The van der Waals surface area contributed by atoms with Gasteiger partial charge in [0.25, 0.3) is 0 Å². The van der Waals surface area contributed by atoms with Gasteiger partial charge < -0.3 is 4.74 Å². The van der Waals surface area contributed by atoms with Crippen LogP contribution in [0.5, 0.6) is 0 Å². The molecule has 2 heterocycles. The summed E-state index contributed by atoms with van der Waals surface area (Å²) in [6.07, 6.45) is 7.14. The van der Waals surface area contributed by atoms with Crippen LogP contribution in [0.4, 0.5) is 4.79 Å². The highest BCUT2D eigenvalue weighted by molar-refractivity contribution is 5.70. The molecule has 0 radical (unpaired) electrons. The van der Waals surface area contributed by atoms with Gasteiger partial charge in [-0.2, -0.15) is 0 Å². The number of carbonyl (C=O) groups is 1. The van der Waals surface area contributed by atoms with Crippen molar-refractivity contribution in [1.82, 2.24) is 14.7 Å². The highest BCUT2D eigenvalue weighted by atomic mass is 16.5. The number of hydrogen-bond acceptors (Lipinski definition) is 4. The zero-order chi connectivity index (χ0) is 22.0. The summed E-state index contributed by atoms with van der Waals surface area (Å²) >= 11 is 0. The van der Waals surface area contributed by atoms with Crippen molar-refractivity contribution < 1.29 is 9.53 Å². The third-order valence-corrected chi connectivity index (χ3v) is 6.29. The first-order chi connectivity index (χ1) is 15.1. The molecular formula is C26H29N3O2. The number of benzene rings is 2. The van der Waals surface area contributed by atoms with Crippen LogP contribution < -0.4 is 0 Å². The average Bonchev–Trinajstić information content (AvgIpc) is 3.08. The Bertz CT molecular complexity index is 935. The molecule has 3 atom stereocenters. The van der Waals surface area contributed by atoms with E-state index in [1.165, 1.54) is 23.1 Å². The number of hydrogen-bond donors (Lipinski definition) is 0. The number of ether oxygens (including phenoxy) is 1. The molecule has 5 heteroatoms. The van der Waals surface area contributed by atoms with Gasteiger partial charge in [0, 0.05) is 18.3 Å². The Kier molecular flexibility index (Phi) is 6.07.